The molecule has 30 heavy (non-hydrogen) atoms. The van der Waals surface area contributed by atoms with Gasteiger partial charge in [-0.25, -0.2) is 0 Å². The smallest absolute Gasteiger partial charge is 0.387 e. The van der Waals surface area contributed by atoms with E-state index in [-0.39, 0.29) is 22.7 Å². The second-order valence-corrected chi connectivity index (χ2v) is 7.72. The van der Waals surface area contributed by atoms with E-state index in [0.717, 1.165) is 43.8 Å². The van der Waals surface area contributed by atoms with Gasteiger partial charge < -0.3 is 26.8 Å². The molecule has 4 nitrogen and oxygen atoms in total. The SMILES string of the molecule is CCc1ccc(N2C3=[N+](CCCCC3)CC2(O)c2ccc(OC(F)F)cc2)cc1.[Br-]. The second-order valence-electron chi connectivity index (χ2n) is 7.72. The molecule has 1 unspecified atom stereocenters. The maximum atomic E-state index is 12.5. The van der Waals surface area contributed by atoms with Gasteiger partial charge in [-0.1, -0.05) is 19.1 Å². The van der Waals surface area contributed by atoms with Gasteiger partial charge in [0.2, 0.25) is 0 Å². The zero-order valence-electron chi connectivity index (χ0n) is 17.0. The lowest BCUT2D eigenvalue weighted by Crippen LogP contribution is -3.00. The minimum atomic E-state index is -2.86. The van der Waals surface area contributed by atoms with Crippen LogP contribution in [-0.4, -0.2) is 35.2 Å². The predicted molar refractivity (Wildman–Crippen MR) is 109 cm³/mol. The van der Waals surface area contributed by atoms with E-state index in [2.05, 4.69) is 40.5 Å². The van der Waals surface area contributed by atoms with Crippen LogP contribution >= 0.6 is 0 Å². The number of ether oxygens (including phenoxy) is 1. The average molecular weight is 481 g/mol. The summed E-state index contributed by atoms with van der Waals surface area (Å²) in [6.07, 6.45) is 5.24. The summed E-state index contributed by atoms with van der Waals surface area (Å²) >= 11 is 0. The van der Waals surface area contributed by atoms with Crippen LogP contribution in [0.4, 0.5) is 14.5 Å². The highest BCUT2D eigenvalue weighted by Gasteiger charge is 2.54. The molecule has 2 aliphatic rings. The van der Waals surface area contributed by atoms with Gasteiger partial charge in [0.25, 0.3) is 11.6 Å². The number of alkyl halides is 2. The van der Waals surface area contributed by atoms with Crippen LogP contribution < -0.4 is 26.6 Å². The number of hydrogen-bond donors (Lipinski definition) is 1. The fourth-order valence-electron chi connectivity index (χ4n) is 4.39. The van der Waals surface area contributed by atoms with Gasteiger partial charge in [0, 0.05) is 12.0 Å². The van der Waals surface area contributed by atoms with Crippen LogP contribution in [0.5, 0.6) is 5.75 Å². The highest BCUT2D eigenvalue weighted by Crippen LogP contribution is 2.38. The minimum Gasteiger partial charge on any atom is -1.00 e. The van der Waals surface area contributed by atoms with Crippen molar-refractivity contribution in [3.63, 3.8) is 0 Å². The van der Waals surface area contributed by atoms with Crippen molar-refractivity contribution >= 4 is 11.5 Å². The molecule has 0 aromatic heterocycles. The third-order valence-corrected chi connectivity index (χ3v) is 5.88. The van der Waals surface area contributed by atoms with Crippen LogP contribution in [0, 0.1) is 0 Å². The number of aliphatic hydroxyl groups is 1. The van der Waals surface area contributed by atoms with Crippen LogP contribution in [0.3, 0.4) is 0 Å². The van der Waals surface area contributed by atoms with Gasteiger partial charge in [-0.15, -0.1) is 0 Å². The highest BCUT2D eigenvalue weighted by atomic mass is 79.9. The van der Waals surface area contributed by atoms with E-state index >= 15 is 0 Å². The number of hydrogen-bond acceptors (Lipinski definition) is 3. The van der Waals surface area contributed by atoms with Crippen molar-refractivity contribution in [1.29, 1.82) is 0 Å². The van der Waals surface area contributed by atoms with Crippen molar-refractivity contribution in [2.75, 3.05) is 18.0 Å². The van der Waals surface area contributed by atoms with Crippen LogP contribution in [0.15, 0.2) is 48.5 Å². The van der Waals surface area contributed by atoms with Gasteiger partial charge in [0.15, 0.2) is 6.54 Å². The van der Waals surface area contributed by atoms with Crippen LogP contribution in [0.2, 0.25) is 0 Å². The van der Waals surface area contributed by atoms with Crippen molar-refractivity contribution < 1.29 is 40.2 Å². The van der Waals surface area contributed by atoms with Crippen LogP contribution in [0.25, 0.3) is 0 Å². The maximum absolute atomic E-state index is 12.5. The molecule has 2 aromatic carbocycles. The quantitative estimate of drug-likeness (QED) is 0.658. The molecule has 7 heteroatoms. The van der Waals surface area contributed by atoms with Crippen molar-refractivity contribution in [2.45, 2.75) is 51.4 Å². The van der Waals surface area contributed by atoms with E-state index in [9.17, 15) is 13.9 Å². The van der Waals surface area contributed by atoms with Gasteiger partial charge in [0.05, 0.1) is 6.54 Å². The summed E-state index contributed by atoms with van der Waals surface area (Å²) in [6.45, 7) is 0.615. The van der Waals surface area contributed by atoms with Crippen molar-refractivity contribution in [3.05, 3.63) is 59.7 Å². The highest BCUT2D eigenvalue weighted by molar-refractivity contribution is 5.97. The zero-order valence-corrected chi connectivity index (χ0v) is 18.6. The fraction of sp³-hybridized carbons (Fsp3) is 0.435. The molecule has 0 bridgehead atoms. The Hall–Kier alpha value is -1.99. The molecule has 2 aliphatic heterocycles. The van der Waals surface area contributed by atoms with E-state index in [1.807, 2.05) is 4.90 Å². The monoisotopic (exact) mass is 480 g/mol. The summed E-state index contributed by atoms with van der Waals surface area (Å²) < 4.78 is 31.7. The third-order valence-electron chi connectivity index (χ3n) is 5.88. The van der Waals surface area contributed by atoms with Gasteiger partial charge in [-0.05, 0) is 67.6 Å². The number of aryl methyl sites for hydroxylation is 1. The Morgan fingerprint density at radius 3 is 2.40 bits per heavy atom. The molecule has 0 saturated heterocycles. The molecule has 0 saturated carbocycles. The van der Waals surface area contributed by atoms with Gasteiger partial charge >= 0.3 is 6.61 Å². The summed E-state index contributed by atoms with van der Waals surface area (Å²) in [7, 11) is 0. The van der Waals surface area contributed by atoms with Crippen molar-refractivity contribution in [3.8, 4) is 5.75 Å². The number of halogens is 3. The first-order valence-electron chi connectivity index (χ1n) is 10.3. The summed E-state index contributed by atoms with van der Waals surface area (Å²) in [5, 5.41) is 11.9. The first-order valence-corrected chi connectivity index (χ1v) is 10.3. The number of benzene rings is 2. The lowest BCUT2D eigenvalue weighted by molar-refractivity contribution is -0.534. The molecule has 1 atom stereocenters. The molecule has 2 aromatic rings. The molecule has 4 rings (SSSR count). The third kappa shape index (κ3) is 4.37. The van der Waals surface area contributed by atoms with Crippen molar-refractivity contribution in [1.82, 2.24) is 0 Å². The number of anilines is 1. The average Bonchev–Trinajstić information content (AvgIpc) is 2.84. The summed E-state index contributed by atoms with van der Waals surface area (Å²) in [5.41, 5.74) is 1.59. The Labute approximate surface area is 186 Å². The van der Waals surface area contributed by atoms with E-state index in [0.29, 0.717) is 12.1 Å². The molecule has 0 amide bonds. The normalized spacial score (nSPS) is 21.3. The molecule has 0 aliphatic carbocycles. The van der Waals surface area contributed by atoms with Crippen LogP contribution in [-0.2, 0) is 12.1 Å². The largest absolute Gasteiger partial charge is 1.00 e. The summed E-state index contributed by atoms with van der Waals surface area (Å²) in [4.78, 5) is 2.03. The molecule has 0 fully saturated rings. The lowest BCUT2D eigenvalue weighted by atomic mass is 9.99. The Morgan fingerprint density at radius 1 is 1.07 bits per heavy atom. The Morgan fingerprint density at radius 2 is 1.77 bits per heavy atom. The maximum Gasteiger partial charge on any atom is 0.387 e. The predicted octanol–water partition coefficient (Wildman–Crippen LogP) is 1.50. The Kier molecular flexibility index (Phi) is 7.14. The van der Waals surface area contributed by atoms with E-state index < -0.39 is 12.3 Å². The van der Waals surface area contributed by atoms with Gasteiger partial charge in [-0.2, -0.15) is 13.7 Å². The van der Waals surface area contributed by atoms with Gasteiger partial charge in [0.1, 0.15) is 11.4 Å². The fourth-order valence-corrected chi connectivity index (χ4v) is 4.39. The van der Waals surface area contributed by atoms with Gasteiger partial charge in [-0.3, -0.25) is 4.58 Å². The first kappa shape index (κ1) is 22.7. The van der Waals surface area contributed by atoms with E-state index in [1.165, 1.54) is 24.1 Å². The Bertz CT molecular complexity index is 887. The lowest BCUT2D eigenvalue weighted by Gasteiger charge is -2.29. The van der Waals surface area contributed by atoms with E-state index in [4.69, 9.17) is 0 Å². The number of rotatable bonds is 5. The minimum absolute atomic E-state index is 0. The summed E-state index contributed by atoms with van der Waals surface area (Å²) in [6, 6.07) is 14.6. The second kappa shape index (κ2) is 9.43. The molecule has 2 heterocycles. The molecule has 0 spiro atoms. The zero-order chi connectivity index (χ0) is 20.4. The topological polar surface area (TPSA) is 35.7 Å². The molecular weight excluding hydrogens is 454 g/mol. The van der Waals surface area contributed by atoms with Crippen LogP contribution in [0.1, 0.15) is 43.7 Å². The number of nitrogens with zero attached hydrogens (tertiary/aromatic N) is 2. The Balaban J connectivity index is 0.00000256. The standard InChI is InChI=1S/C23H27F2N2O2.BrH/c1-2-17-7-11-19(12-8-17)27-21-6-4-3-5-15-26(21)16-23(27,28)18-9-13-20(14-10-18)29-22(24)25;/h7-14,22,28H,2-6,15-16H2,1H3;1H/q+1;/p-1. The molecular formula is C23H27BrF2N2O2. The van der Waals surface area contributed by atoms with Crippen molar-refractivity contribution in [2.24, 2.45) is 0 Å². The van der Waals surface area contributed by atoms with E-state index in [1.54, 1.807) is 12.1 Å². The molecule has 1 N–H and O–H groups in total. The molecule has 162 valence electrons. The number of amidine groups is 1. The molecule has 0 radical (unpaired) electrons. The summed E-state index contributed by atoms with van der Waals surface area (Å²) in [5.74, 6) is 1.22. The first-order chi connectivity index (χ1) is 14.0.